The summed E-state index contributed by atoms with van der Waals surface area (Å²) in [6.45, 7) is 12.9. The van der Waals surface area contributed by atoms with Crippen molar-refractivity contribution in [3.05, 3.63) is 19.1 Å². The van der Waals surface area contributed by atoms with E-state index in [9.17, 15) is 0 Å². The molecule has 0 spiro atoms. The first-order valence-electron chi connectivity index (χ1n) is 4.92. The molecule has 0 aromatic heterocycles. The first-order valence-corrected chi connectivity index (χ1v) is 4.92. The highest BCUT2D eigenvalue weighted by Gasteiger charge is 2.15. The molecule has 0 aliphatic heterocycles. The lowest BCUT2D eigenvalue weighted by Crippen LogP contribution is -2.11. The second-order valence-electron chi connectivity index (χ2n) is 4.58. The standard InChI is InChI=1S/C12H23/c1-6-7-9-12(4,5)10-8-11(2)3/h6-7,11H,2,8-10H2,1,3-5H3/b7-6+. The van der Waals surface area contributed by atoms with E-state index in [4.69, 9.17) is 0 Å². The predicted molar refractivity (Wildman–Crippen MR) is 57.0 cm³/mol. The maximum atomic E-state index is 4.00. The molecule has 0 aliphatic rings. The minimum absolute atomic E-state index is 0.457. The largest absolute Gasteiger partial charge is 0.0916 e. The molecule has 1 radical (unpaired) electrons. The molecule has 0 aliphatic carbocycles. The van der Waals surface area contributed by atoms with Gasteiger partial charge in [-0.2, -0.15) is 0 Å². The third-order valence-corrected chi connectivity index (χ3v) is 2.22. The summed E-state index contributed by atoms with van der Waals surface area (Å²) < 4.78 is 0. The molecule has 0 N–H and O–H groups in total. The van der Waals surface area contributed by atoms with Gasteiger partial charge in [-0.1, -0.05) is 46.3 Å². The maximum Gasteiger partial charge on any atom is -0.0299 e. The maximum absolute atomic E-state index is 4.00. The molecule has 1 unspecified atom stereocenters. The smallest absolute Gasteiger partial charge is 0.0299 e. The Morgan fingerprint density at radius 1 is 1.42 bits per heavy atom. The quantitative estimate of drug-likeness (QED) is 0.537. The van der Waals surface area contributed by atoms with Gasteiger partial charge in [-0.05, 0) is 31.1 Å². The Kier molecular flexibility index (Phi) is 5.28. The van der Waals surface area contributed by atoms with Crippen molar-refractivity contribution in [2.45, 2.75) is 47.0 Å². The summed E-state index contributed by atoms with van der Waals surface area (Å²) in [4.78, 5) is 0. The molecule has 0 aromatic carbocycles. The van der Waals surface area contributed by atoms with Crippen molar-refractivity contribution in [1.29, 1.82) is 0 Å². The molecule has 0 fully saturated rings. The van der Waals surface area contributed by atoms with Crippen LogP contribution in [0.3, 0.4) is 0 Å². The minimum Gasteiger partial charge on any atom is -0.0916 e. The summed E-state index contributed by atoms with van der Waals surface area (Å²) in [5.41, 5.74) is 0.457. The van der Waals surface area contributed by atoms with Gasteiger partial charge in [-0.25, -0.2) is 0 Å². The van der Waals surface area contributed by atoms with E-state index in [1.807, 2.05) is 0 Å². The highest BCUT2D eigenvalue weighted by molar-refractivity contribution is 4.84. The average Bonchev–Trinajstić information content (AvgIpc) is 1.98. The fraction of sp³-hybridized carbons (Fsp3) is 0.750. The molecule has 0 saturated carbocycles. The summed E-state index contributed by atoms with van der Waals surface area (Å²) in [6.07, 6.45) is 8.10. The Morgan fingerprint density at radius 3 is 2.42 bits per heavy atom. The van der Waals surface area contributed by atoms with E-state index >= 15 is 0 Å². The summed E-state index contributed by atoms with van der Waals surface area (Å²) in [5.74, 6) is 0.592. The summed E-state index contributed by atoms with van der Waals surface area (Å²) >= 11 is 0. The van der Waals surface area contributed by atoms with Gasteiger partial charge in [-0.3, -0.25) is 0 Å². The van der Waals surface area contributed by atoms with E-state index in [-0.39, 0.29) is 0 Å². The van der Waals surface area contributed by atoms with Gasteiger partial charge in [0.1, 0.15) is 0 Å². The van der Waals surface area contributed by atoms with Crippen molar-refractivity contribution >= 4 is 0 Å². The molecule has 0 rings (SSSR count). The molecular weight excluding hydrogens is 144 g/mol. The normalized spacial score (nSPS) is 13.2. The summed E-state index contributed by atoms with van der Waals surface area (Å²) in [5, 5.41) is 0. The molecular formula is C12H23. The van der Waals surface area contributed by atoms with Gasteiger partial charge < -0.3 is 0 Å². The Morgan fingerprint density at radius 2 is 2.00 bits per heavy atom. The number of hydrogen-bond acceptors (Lipinski definition) is 0. The number of allylic oxidation sites excluding steroid dienone is 2. The fourth-order valence-electron chi connectivity index (χ4n) is 1.18. The fourth-order valence-corrected chi connectivity index (χ4v) is 1.18. The Hall–Kier alpha value is -0.260. The zero-order chi connectivity index (χ0) is 9.61. The van der Waals surface area contributed by atoms with Crippen LogP contribution in [0.4, 0.5) is 0 Å². The van der Waals surface area contributed by atoms with Crippen molar-refractivity contribution in [3.8, 4) is 0 Å². The van der Waals surface area contributed by atoms with Gasteiger partial charge in [0.25, 0.3) is 0 Å². The lowest BCUT2D eigenvalue weighted by molar-refractivity contribution is 0.314. The molecule has 71 valence electrons. The number of rotatable bonds is 5. The van der Waals surface area contributed by atoms with Crippen LogP contribution in [0.25, 0.3) is 0 Å². The monoisotopic (exact) mass is 167 g/mol. The Balaban J connectivity index is 3.70. The van der Waals surface area contributed by atoms with Crippen molar-refractivity contribution in [2.24, 2.45) is 11.3 Å². The molecule has 0 nitrogen and oxygen atoms in total. The zero-order valence-corrected chi connectivity index (χ0v) is 9.06. The molecule has 0 saturated heterocycles. The highest BCUT2D eigenvalue weighted by Crippen LogP contribution is 2.28. The van der Waals surface area contributed by atoms with Crippen LogP contribution >= 0.6 is 0 Å². The van der Waals surface area contributed by atoms with Gasteiger partial charge in [0.2, 0.25) is 0 Å². The Labute approximate surface area is 78.1 Å². The van der Waals surface area contributed by atoms with Crippen LogP contribution in [-0.2, 0) is 0 Å². The van der Waals surface area contributed by atoms with Crippen LogP contribution in [-0.4, -0.2) is 0 Å². The molecule has 1 atom stereocenters. The van der Waals surface area contributed by atoms with Crippen molar-refractivity contribution in [3.63, 3.8) is 0 Å². The lowest BCUT2D eigenvalue weighted by Gasteiger charge is -2.23. The highest BCUT2D eigenvalue weighted by atomic mass is 14.2. The van der Waals surface area contributed by atoms with Crippen LogP contribution in [0.2, 0.25) is 0 Å². The molecule has 0 aromatic rings. The second kappa shape index (κ2) is 5.40. The van der Waals surface area contributed by atoms with E-state index in [1.54, 1.807) is 0 Å². The predicted octanol–water partition coefficient (Wildman–Crippen LogP) is 4.23. The van der Waals surface area contributed by atoms with Gasteiger partial charge in [-0.15, -0.1) is 0 Å². The lowest BCUT2D eigenvalue weighted by atomic mass is 9.82. The first-order chi connectivity index (χ1) is 5.48. The number of hydrogen-bond donors (Lipinski definition) is 0. The van der Waals surface area contributed by atoms with E-state index in [2.05, 4.69) is 46.8 Å². The molecule has 0 bridgehead atoms. The molecule has 0 heterocycles. The SMILES string of the molecule is [CH2]C(C)CCC(C)(C)C/C=C/C. The minimum atomic E-state index is 0.457. The molecule has 12 heavy (non-hydrogen) atoms. The van der Waals surface area contributed by atoms with Gasteiger partial charge in [0.15, 0.2) is 0 Å². The van der Waals surface area contributed by atoms with Gasteiger partial charge in [0.05, 0.1) is 0 Å². The van der Waals surface area contributed by atoms with E-state index in [0.29, 0.717) is 11.3 Å². The third kappa shape index (κ3) is 6.45. The van der Waals surface area contributed by atoms with Crippen LogP contribution < -0.4 is 0 Å². The van der Waals surface area contributed by atoms with Gasteiger partial charge >= 0.3 is 0 Å². The molecule has 0 amide bonds. The van der Waals surface area contributed by atoms with Crippen molar-refractivity contribution in [1.82, 2.24) is 0 Å². The topological polar surface area (TPSA) is 0 Å². The zero-order valence-electron chi connectivity index (χ0n) is 9.06. The van der Waals surface area contributed by atoms with Gasteiger partial charge in [0, 0.05) is 0 Å². The Bertz CT molecular complexity index is 129. The van der Waals surface area contributed by atoms with Crippen molar-refractivity contribution < 1.29 is 0 Å². The van der Waals surface area contributed by atoms with E-state index in [1.165, 1.54) is 19.3 Å². The van der Waals surface area contributed by atoms with Crippen LogP contribution in [0.1, 0.15) is 47.0 Å². The second-order valence-corrected chi connectivity index (χ2v) is 4.58. The summed E-state index contributed by atoms with van der Waals surface area (Å²) in [7, 11) is 0. The van der Waals surface area contributed by atoms with Crippen LogP contribution in [0.5, 0.6) is 0 Å². The van der Waals surface area contributed by atoms with Crippen LogP contribution in [0, 0.1) is 18.3 Å². The first kappa shape index (κ1) is 11.7. The van der Waals surface area contributed by atoms with Crippen LogP contribution in [0.15, 0.2) is 12.2 Å². The third-order valence-electron chi connectivity index (χ3n) is 2.22. The van der Waals surface area contributed by atoms with Crippen molar-refractivity contribution in [2.75, 3.05) is 0 Å². The van der Waals surface area contributed by atoms with E-state index in [0.717, 1.165) is 0 Å². The summed E-state index contributed by atoms with van der Waals surface area (Å²) in [6, 6.07) is 0. The average molecular weight is 167 g/mol. The van der Waals surface area contributed by atoms with E-state index < -0.39 is 0 Å². The molecule has 0 heteroatoms.